The molecule has 27 heavy (non-hydrogen) atoms. The number of Topliss-reactive ketones (excluding diaryl/α,β-unsaturated/α-hetero) is 1. The van der Waals surface area contributed by atoms with Gasteiger partial charge >= 0.3 is 0 Å². The zero-order chi connectivity index (χ0) is 18.6. The molecule has 0 aliphatic heterocycles. The fourth-order valence-corrected chi connectivity index (χ4v) is 4.74. The van der Waals surface area contributed by atoms with Gasteiger partial charge in [-0.15, -0.1) is 10.2 Å². The van der Waals surface area contributed by atoms with Crippen molar-refractivity contribution in [2.45, 2.75) is 23.6 Å². The Morgan fingerprint density at radius 3 is 2.78 bits per heavy atom. The number of nitrogens with one attached hydrogen (secondary N) is 1. The Hall–Kier alpha value is -2.38. The number of ether oxygens (including phenoxy) is 1. The number of carbonyl (C=O) groups is 1. The highest BCUT2D eigenvalue weighted by Gasteiger charge is 2.15. The summed E-state index contributed by atoms with van der Waals surface area (Å²) in [5.74, 6) is 1.31. The average molecular weight is 398 g/mol. The van der Waals surface area contributed by atoms with Crippen LogP contribution in [-0.2, 0) is 12.8 Å². The molecule has 4 rings (SSSR count). The van der Waals surface area contributed by atoms with E-state index in [4.69, 9.17) is 4.74 Å². The number of hydrogen-bond donors (Lipinski definition) is 1. The second-order valence-electron chi connectivity index (χ2n) is 6.28. The van der Waals surface area contributed by atoms with E-state index in [-0.39, 0.29) is 5.78 Å². The zero-order valence-electron chi connectivity index (χ0n) is 14.9. The topological polar surface area (TPSA) is 64.1 Å². The van der Waals surface area contributed by atoms with Crippen molar-refractivity contribution in [1.29, 1.82) is 0 Å². The van der Waals surface area contributed by atoms with Crippen molar-refractivity contribution in [2.24, 2.45) is 0 Å². The highest BCUT2D eigenvalue weighted by atomic mass is 32.2. The summed E-state index contributed by atoms with van der Waals surface area (Å²) in [6.07, 6.45) is 3.41. The van der Waals surface area contributed by atoms with Crippen molar-refractivity contribution < 1.29 is 9.53 Å². The minimum absolute atomic E-state index is 0.134. The number of anilines is 2. The number of aryl methyl sites for hydroxylation is 2. The molecule has 0 radical (unpaired) electrons. The van der Waals surface area contributed by atoms with E-state index in [0.717, 1.165) is 34.2 Å². The molecular formula is C20H19N3O2S2. The molecule has 138 valence electrons. The van der Waals surface area contributed by atoms with Gasteiger partial charge in [-0.1, -0.05) is 35.2 Å². The third-order valence-electron chi connectivity index (χ3n) is 4.49. The molecule has 0 unspecified atom stereocenters. The lowest BCUT2D eigenvalue weighted by atomic mass is 10.0. The molecule has 0 atom stereocenters. The van der Waals surface area contributed by atoms with E-state index in [2.05, 4.69) is 27.6 Å². The van der Waals surface area contributed by atoms with Crippen LogP contribution < -0.4 is 10.1 Å². The number of ketones is 1. The van der Waals surface area contributed by atoms with Crippen LogP contribution in [0.3, 0.4) is 0 Å². The maximum Gasteiger partial charge on any atom is 0.210 e. The summed E-state index contributed by atoms with van der Waals surface area (Å²) in [6, 6.07) is 13.7. The van der Waals surface area contributed by atoms with Crippen molar-refractivity contribution in [3.63, 3.8) is 0 Å². The van der Waals surface area contributed by atoms with E-state index < -0.39 is 0 Å². The molecule has 0 saturated carbocycles. The molecule has 1 heterocycles. The van der Waals surface area contributed by atoms with Gasteiger partial charge < -0.3 is 10.1 Å². The minimum Gasteiger partial charge on any atom is -0.497 e. The van der Waals surface area contributed by atoms with E-state index >= 15 is 0 Å². The molecule has 0 bridgehead atoms. The quantitative estimate of drug-likeness (QED) is 0.458. The Bertz CT molecular complexity index is 954. The minimum atomic E-state index is 0.134. The Labute approximate surface area is 166 Å². The number of thioether (sulfide) groups is 1. The Balaban J connectivity index is 1.34. The second kappa shape index (κ2) is 8.10. The molecule has 0 saturated heterocycles. The van der Waals surface area contributed by atoms with Crippen molar-refractivity contribution in [1.82, 2.24) is 10.2 Å². The summed E-state index contributed by atoms with van der Waals surface area (Å²) >= 11 is 2.87. The van der Waals surface area contributed by atoms with Crippen molar-refractivity contribution in [3.8, 4) is 5.75 Å². The van der Waals surface area contributed by atoms with Crippen LogP contribution in [0.1, 0.15) is 27.9 Å². The van der Waals surface area contributed by atoms with Crippen molar-refractivity contribution in [3.05, 3.63) is 59.2 Å². The van der Waals surface area contributed by atoms with Crippen LogP contribution in [0.2, 0.25) is 0 Å². The second-order valence-corrected chi connectivity index (χ2v) is 8.48. The van der Waals surface area contributed by atoms with E-state index in [1.165, 1.54) is 40.6 Å². The number of methoxy groups -OCH3 is 1. The summed E-state index contributed by atoms with van der Waals surface area (Å²) in [7, 11) is 1.64. The van der Waals surface area contributed by atoms with Crippen LogP contribution in [-0.4, -0.2) is 28.8 Å². The molecular weight excluding hydrogens is 378 g/mol. The van der Waals surface area contributed by atoms with Crippen LogP contribution >= 0.6 is 23.1 Å². The average Bonchev–Trinajstić information content (AvgIpc) is 3.35. The first kappa shape index (κ1) is 18.0. The normalized spacial score (nSPS) is 12.6. The highest BCUT2D eigenvalue weighted by molar-refractivity contribution is 8.01. The summed E-state index contributed by atoms with van der Waals surface area (Å²) in [4.78, 5) is 12.5. The number of aromatic nitrogens is 2. The van der Waals surface area contributed by atoms with Gasteiger partial charge in [0, 0.05) is 11.3 Å². The molecule has 5 nitrogen and oxygen atoms in total. The number of benzene rings is 2. The first-order valence-electron chi connectivity index (χ1n) is 8.73. The molecule has 7 heteroatoms. The molecule has 1 N–H and O–H groups in total. The SMILES string of the molecule is COc1ccc(Nc2nnc(SCC(=O)c3ccc4c(c3)CCC4)s2)cc1. The lowest BCUT2D eigenvalue weighted by Gasteiger charge is -2.03. The number of hydrogen-bond acceptors (Lipinski definition) is 7. The Morgan fingerprint density at radius 1 is 1.15 bits per heavy atom. The van der Waals surface area contributed by atoms with Gasteiger partial charge in [-0.05, 0) is 60.7 Å². The summed E-state index contributed by atoms with van der Waals surface area (Å²) < 4.78 is 5.93. The lowest BCUT2D eigenvalue weighted by Crippen LogP contribution is -2.03. The van der Waals surface area contributed by atoms with E-state index in [1.807, 2.05) is 30.3 Å². The van der Waals surface area contributed by atoms with Crippen LogP contribution in [0.5, 0.6) is 5.75 Å². The van der Waals surface area contributed by atoms with Gasteiger partial charge in [0.15, 0.2) is 10.1 Å². The number of carbonyl (C=O) groups excluding carboxylic acids is 1. The fraction of sp³-hybridized carbons (Fsp3) is 0.250. The van der Waals surface area contributed by atoms with Crippen LogP contribution in [0.4, 0.5) is 10.8 Å². The third kappa shape index (κ3) is 4.31. The Kier molecular flexibility index (Phi) is 5.40. The van der Waals surface area contributed by atoms with Gasteiger partial charge in [-0.2, -0.15) is 0 Å². The van der Waals surface area contributed by atoms with Crippen LogP contribution in [0.25, 0.3) is 0 Å². The molecule has 1 aliphatic carbocycles. The van der Waals surface area contributed by atoms with E-state index in [9.17, 15) is 4.79 Å². The maximum atomic E-state index is 12.5. The number of rotatable bonds is 7. The first-order chi connectivity index (χ1) is 13.2. The molecule has 0 fully saturated rings. The summed E-state index contributed by atoms with van der Waals surface area (Å²) in [6.45, 7) is 0. The largest absolute Gasteiger partial charge is 0.497 e. The molecule has 1 aliphatic rings. The van der Waals surface area contributed by atoms with Crippen LogP contribution in [0.15, 0.2) is 46.8 Å². The first-order valence-corrected chi connectivity index (χ1v) is 10.5. The van der Waals surface area contributed by atoms with Gasteiger partial charge in [-0.3, -0.25) is 4.79 Å². The molecule has 0 spiro atoms. The molecule has 2 aromatic carbocycles. The van der Waals surface area contributed by atoms with Gasteiger partial charge in [0.05, 0.1) is 12.9 Å². The van der Waals surface area contributed by atoms with Crippen molar-refractivity contribution in [2.75, 3.05) is 18.2 Å². The van der Waals surface area contributed by atoms with Gasteiger partial charge in [0.1, 0.15) is 5.75 Å². The smallest absolute Gasteiger partial charge is 0.210 e. The maximum absolute atomic E-state index is 12.5. The van der Waals surface area contributed by atoms with Crippen LogP contribution in [0, 0.1) is 0 Å². The van der Waals surface area contributed by atoms with Gasteiger partial charge in [0.2, 0.25) is 5.13 Å². The van der Waals surface area contributed by atoms with Gasteiger partial charge in [-0.25, -0.2) is 0 Å². The predicted octanol–water partition coefficient (Wildman–Crippen LogP) is 4.75. The monoisotopic (exact) mass is 397 g/mol. The molecule has 3 aromatic rings. The van der Waals surface area contributed by atoms with E-state index in [0.29, 0.717) is 10.9 Å². The fourth-order valence-electron chi connectivity index (χ4n) is 3.07. The standard InChI is InChI=1S/C20H19N3O2S2/c1-25-17-9-7-16(8-10-17)21-19-22-23-20(27-19)26-12-18(24)15-6-5-13-3-2-4-14(13)11-15/h5-11H,2-4,12H2,1H3,(H,21,22). The highest BCUT2D eigenvalue weighted by Crippen LogP contribution is 2.29. The Morgan fingerprint density at radius 2 is 1.96 bits per heavy atom. The number of nitrogens with zero attached hydrogens (tertiary/aromatic N) is 2. The summed E-state index contributed by atoms with van der Waals surface area (Å²) in [5, 5.41) is 12.2. The predicted molar refractivity (Wildman–Crippen MR) is 110 cm³/mol. The van der Waals surface area contributed by atoms with Gasteiger partial charge in [0.25, 0.3) is 0 Å². The zero-order valence-corrected chi connectivity index (χ0v) is 16.5. The number of fused-ring (bicyclic) bond motifs is 1. The third-order valence-corrected chi connectivity index (χ3v) is 6.47. The van der Waals surface area contributed by atoms with Crippen molar-refractivity contribution >= 4 is 39.7 Å². The molecule has 1 aromatic heterocycles. The van der Waals surface area contributed by atoms with E-state index in [1.54, 1.807) is 7.11 Å². The lowest BCUT2D eigenvalue weighted by molar-refractivity contribution is 0.102. The molecule has 0 amide bonds. The summed E-state index contributed by atoms with van der Waals surface area (Å²) in [5.41, 5.74) is 4.42.